The lowest BCUT2D eigenvalue weighted by atomic mass is 9.76. The molecule has 0 saturated heterocycles. The van der Waals surface area contributed by atoms with Gasteiger partial charge in [0.05, 0.1) is 5.92 Å². The highest BCUT2D eigenvalue weighted by Gasteiger charge is 2.40. The van der Waals surface area contributed by atoms with Crippen LogP contribution in [0.5, 0.6) is 0 Å². The molecule has 0 aliphatic rings. The molecule has 2 atom stereocenters. The number of rotatable bonds is 5. The Morgan fingerprint density at radius 2 is 1.78 bits per heavy atom. The maximum atomic E-state index is 11.3. The maximum Gasteiger partial charge on any atom is 0.310 e. The molecule has 3 nitrogen and oxygen atoms in total. The van der Waals surface area contributed by atoms with Crippen LogP contribution in [0.3, 0.4) is 0 Å². The molecule has 0 fully saturated rings. The van der Waals surface area contributed by atoms with Gasteiger partial charge in [0, 0.05) is 4.90 Å². The fourth-order valence-corrected chi connectivity index (χ4v) is 2.69. The average molecular weight is 268 g/mol. The van der Waals surface area contributed by atoms with Crippen molar-refractivity contribution in [2.45, 2.75) is 31.3 Å². The van der Waals surface area contributed by atoms with E-state index in [1.807, 2.05) is 32.2 Å². The smallest absolute Gasteiger partial charge is 0.310 e. The van der Waals surface area contributed by atoms with Crippen LogP contribution in [-0.4, -0.2) is 22.4 Å². The van der Waals surface area contributed by atoms with Crippen molar-refractivity contribution in [2.24, 2.45) is 11.8 Å². The summed E-state index contributed by atoms with van der Waals surface area (Å²) < 4.78 is 0. The zero-order valence-corrected chi connectivity index (χ0v) is 12.0. The first-order valence-electron chi connectivity index (χ1n) is 5.90. The van der Waals surface area contributed by atoms with Gasteiger partial charge in [0.2, 0.25) is 0 Å². The van der Waals surface area contributed by atoms with Crippen molar-refractivity contribution in [3.8, 4) is 0 Å². The number of carboxylic acids is 1. The van der Waals surface area contributed by atoms with E-state index in [1.54, 1.807) is 30.8 Å². The molecule has 1 rings (SSSR count). The Hall–Kier alpha value is -1.00. The van der Waals surface area contributed by atoms with Crippen molar-refractivity contribution in [3.05, 3.63) is 29.8 Å². The Bertz CT molecular complexity index is 410. The molecule has 0 heterocycles. The van der Waals surface area contributed by atoms with E-state index in [2.05, 4.69) is 0 Å². The average Bonchev–Trinajstić information content (AvgIpc) is 2.27. The third-order valence-electron chi connectivity index (χ3n) is 3.21. The zero-order valence-electron chi connectivity index (χ0n) is 11.2. The molecule has 0 radical (unpaired) electrons. The van der Waals surface area contributed by atoms with Crippen LogP contribution in [-0.2, 0) is 10.4 Å². The standard InChI is InChI=1S/C14H20O3S/c1-9(2)12(13(15)16)14(3,17)10-5-7-11(18-4)8-6-10/h5-9,12,17H,1-4H3,(H,15,16). The van der Waals surface area contributed by atoms with Gasteiger partial charge in [-0.1, -0.05) is 26.0 Å². The van der Waals surface area contributed by atoms with E-state index >= 15 is 0 Å². The second-order valence-corrected chi connectivity index (χ2v) is 5.82. The van der Waals surface area contributed by atoms with Crippen LogP contribution in [0.4, 0.5) is 0 Å². The van der Waals surface area contributed by atoms with Gasteiger partial charge in [-0.25, -0.2) is 0 Å². The van der Waals surface area contributed by atoms with Gasteiger partial charge in [-0.2, -0.15) is 0 Å². The molecule has 2 unspecified atom stereocenters. The highest BCUT2D eigenvalue weighted by Crippen LogP contribution is 2.35. The van der Waals surface area contributed by atoms with Crippen LogP contribution in [0.1, 0.15) is 26.3 Å². The molecule has 0 bridgehead atoms. The van der Waals surface area contributed by atoms with Crippen molar-refractivity contribution >= 4 is 17.7 Å². The van der Waals surface area contributed by atoms with Gasteiger partial charge in [0.1, 0.15) is 5.60 Å². The molecular weight excluding hydrogens is 248 g/mol. The summed E-state index contributed by atoms with van der Waals surface area (Å²) >= 11 is 1.61. The third-order valence-corrected chi connectivity index (χ3v) is 3.96. The van der Waals surface area contributed by atoms with Crippen LogP contribution in [0.2, 0.25) is 0 Å². The maximum absolute atomic E-state index is 11.3. The quantitative estimate of drug-likeness (QED) is 0.806. The lowest BCUT2D eigenvalue weighted by Gasteiger charge is -2.33. The van der Waals surface area contributed by atoms with Crippen LogP contribution in [0.15, 0.2) is 29.2 Å². The van der Waals surface area contributed by atoms with E-state index in [0.29, 0.717) is 5.56 Å². The van der Waals surface area contributed by atoms with Crippen LogP contribution >= 0.6 is 11.8 Å². The Kier molecular flexibility index (Phi) is 4.82. The Labute approximate surface area is 112 Å². The highest BCUT2D eigenvalue weighted by atomic mass is 32.2. The first kappa shape index (κ1) is 15.1. The topological polar surface area (TPSA) is 57.5 Å². The zero-order chi connectivity index (χ0) is 13.9. The lowest BCUT2D eigenvalue weighted by Crippen LogP contribution is -2.40. The summed E-state index contributed by atoms with van der Waals surface area (Å²) in [6.07, 6.45) is 1.97. The van der Waals surface area contributed by atoms with Crippen molar-refractivity contribution in [1.29, 1.82) is 0 Å². The monoisotopic (exact) mass is 268 g/mol. The summed E-state index contributed by atoms with van der Waals surface area (Å²) in [5, 5.41) is 19.8. The van der Waals surface area contributed by atoms with Gasteiger partial charge < -0.3 is 10.2 Å². The highest BCUT2D eigenvalue weighted by molar-refractivity contribution is 7.98. The first-order valence-corrected chi connectivity index (χ1v) is 7.13. The van der Waals surface area contributed by atoms with Gasteiger partial charge in [-0.05, 0) is 36.8 Å². The van der Waals surface area contributed by atoms with Gasteiger partial charge in [-0.15, -0.1) is 11.8 Å². The van der Waals surface area contributed by atoms with Crippen molar-refractivity contribution in [1.82, 2.24) is 0 Å². The molecule has 2 N–H and O–H groups in total. The summed E-state index contributed by atoms with van der Waals surface area (Å²) in [6.45, 7) is 5.19. The largest absolute Gasteiger partial charge is 0.481 e. The molecule has 18 heavy (non-hydrogen) atoms. The van der Waals surface area contributed by atoms with Crippen molar-refractivity contribution in [2.75, 3.05) is 6.26 Å². The van der Waals surface area contributed by atoms with E-state index < -0.39 is 17.5 Å². The molecule has 0 aliphatic carbocycles. The van der Waals surface area contributed by atoms with Crippen molar-refractivity contribution in [3.63, 3.8) is 0 Å². The van der Waals surface area contributed by atoms with E-state index in [1.165, 1.54) is 0 Å². The normalized spacial score (nSPS) is 16.3. The number of hydrogen-bond acceptors (Lipinski definition) is 3. The molecule has 0 saturated carbocycles. The molecule has 1 aromatic rings. The van der Waals surface area contributed by atoms with Gasteiger partial charge >= 0.3 is 5.97 Å². The number of thioether (sulfide) groups is 1. The van der Waals surface area contributed by atoms with Crippen LogP contribution in [0.25, 0.3) is 0 Å². The lowest BCUT2D eigenvalue weighted by molar-refractivity contribution is -0.155. The number of hydrogen-bond donors (Lipinski definition) is 2. The molecule has 0 spiro atoms. The Balaban J connectivity index is 3.13. The molecule has 4 heteroatoms. The van der Waals surface area contributed by atoms with Crippen molar-refractivity contribution < 1.29 is 15.0 Å². The Morgan fingerprint density at radius 3 is 2.11 bits per heavy atom. The number of aliphatic hydroxyl groups is 1. The minimum atomic E-state index is -1.36. The minimum Gasteiger partial charge on any atom is -0.481 e. The number of benzene rings is 1. The second kappa shape index (κ2) is 5.76. The summed E-state index contributed by atoms with van der Waals surface area (Å²) in [5.74, 6) is -1.93. The van der Waals surface area contributed by atoms with Crippen LogP contribution < -0.4 is 0 Å². The molecule has 0 aromatic heterocycles. The SMILES string of the molecule is CSc1ccc(C(C)(O)C(C(=O)O)C(C)C)cc1. The van der Waals surface area contributed by atoms with Gasteiger partial charge in [-0.3, -0.25) is 4.79 Å². The number of carbonyl (C=O) groups is 1. The predicted octanol–water partition coefficient (Wildman–Crippen LogP) is 2.97. The van der Waals surface area contributed by atoms with E-state index in [-0.39, 0.29) is 5.92 Å². The molecule has 0 aliphatic heterocycles. The second-order valence-electron chi connectivity index (χ2n) is 4.94. The molecule has 100 valence electrons. The molecular formula is C14H20O3S. The minimum absolute atomic E-state index is 0.141. The van der Waals surface area contributed by atoms with E-state index in [0.717, 1.165) is 4.90 Å². The summed E-state index contributed by atoms with van der Waals surface area (Å²) in [4.78, 5) is 12.4. The third kappa shape index (κ3) is 3.06. The first-order chi connectivity index (χ1) is 8.30. The van der Waals surface area contributed by atoms with E-state index in [9.17, 15) is 15.0 Å². The summed E-state index contributed by atoms with van der Waals surface area (Å²) in [6, 6.07) is 7.38. The van der Waals surface area contributed by atoms with Gasteiger partial charge in [0.25, 0.3) is 0 Å². The summed E-state index contributed by atoms with van der Waals surface area (Å²) in [5.41, 5.74) is -0.724. The fraction of sp³-hybridized carbons (Fsp3) is 0.500. The predicted molar refractivity (Wildman–Crippen MR) is 73.8 cm³/mol. The van der Waals surface area contributed by atoms with Gasteiger partial charge in [0.15, 0.2) is 0 Å². The van der Waals surface area contributed by atoms with E-state index in [4.69, 9.17) is 0 Å². The summed E-state index contributed by atoms with van der Waals surface area (Å²) in [7, 11) is 0. The van der Waals surface area contributed by atoms with Crippen LogP contribution in [0, 0.1) is 11.8 Å². The molecule has 0 amide bonds. The molecule has 1 aromatic carbocycles. The number of aliphatic carboxylic acids is 1. The number of carboxylic acid groups (broad SMARTS) is 1. The fourth-order valence-electron chi connectivity index (χ4n) is 2.28. The Morgan fingerprint density at radius 1 is 1.28 bits per heavy atom.